The quantitative estimate of drug-likeness (QED) is 0.746. The first-order chi connectivity index (χ1) is 7.97. The first-order valence-corrected chi connectivity index (χ1v) is 5.70. The van der Waals surface area contributed by atoms with Gasteiger partial charge in [0.25, 0.3) is 0 Å². The molecule has 0 aromatic carbocycles. The van der Waals surface area contributed by atoms with Crippen LogP contribution in [0.25, 0.3) is 0 Å². The van der Waals surface area contributed by atoms with Crippen LogP contribution in [0.15, 0.2) is 0 Å². The summed E-state index contributed by atoms with van der Waals surface area (Å²) in [5.41, 5.74) is -1.10. The zero-order valence-corrected chi connectivity index (χ0v) is 10.3. The standard InChI is InChI=1S/C12H18N2O3/c1-4-8-13(5-2)11(17)14-9-6-7-12(14,3)10(15)16/h1H,5-9H2,2-3H3,(H,15,16). The van der Waals surface area contributed by atoms with Gasteiger partial charge in [-0.15, -0.1) is 6.42 Å². The average Bonchev–Trinajstić information content (AvgIpc) is 2.68. The minimum absolute atomic E-state index is 0.210. The van der Waals surface area contributed by atoms with Crippen molar-refractivity contribution >= 4 is 12.0 Å². The summed E-state index contributed by atoms with van der Waals surface area (Å²) in [4.78, 5) is 26.3. The molecule has 1 N–H and O–H groups in total. The fourth-order valence-electron chi connectivity index (χ4n) is 2.09. The first kappa shape index (κ1) is 13.4. The summed E-state index contributed by atoms with van der Waals surface area (Å²) in [7, 11) is 0. The predicted molar refractivity (Wildman–Crippen MR) is 63.5 cm³/mol. The topological polar surface area (TPSA) is 60.9 Å². The van der Waals surface area contributed by atoms with Crippen LogP contribution in [0.2, 0.25) is 0 Å². The summed E-state index contributed by atoms with van der Waals surface area (Å²) < 4.78 is 0. The smallest absolute Gasteiger partial charge is 0.329 e. The Morgan fingerprint density at radius 1 is 1.59 bits per heavy atom. The third-order valence-electron chi connectivity index (χ3n) is 3.27. The van der Waals surface area contributed by atoms with Crippen LogP contribution in [0.3, 0.4) is 0 Å². The molecule has 1 unspecified atom stereocenters. The van der Waals surface area contributed by atoms with Crippen LogP contribution in [0.1, 0.15) is 26.7 Å². The number of carbonyl (C=O) groups excluding carboxylic acids is 1. The van der Waals surface area contributed by atoms with Crippen LogP contribution in [0.4, 0.5) is 4.79 Å². The maximum atomic E-state index is 12.2. The van der Waals surface area contributed by atoms with Crippen molar-refractivity contribution < 1.29 is 14.7 Å². The normalized spacial score (nSPS) is 23.2. The van der Waals surface area contributed by atoms with Crippen LogP contribution in [-0.2, 0) is 4.79 Å². The number of rotatable bonds is 3. The summed E-state index contributed by atoms with van der Waals surface area (Å²) in [5, 5.41) is 9.22. The number of carboxylic acid groups (broad SMARTS) is 1. The second-order valence-corrected chi connectivity index (χ2v) is 4.34. The number of hydrogen-bond donors (Lipinski definition) is 1. The zero-order valence-electron chi connectivity index (χ0n) is 10.3. The van der Waals surface area contributed by atoms with Crippen molar-refractivity contribution in [2.45, 2.75) is 32.2 Å². The number of nitrogens with zero attached hydrogens (tertiary/aromatic N) is 2. The highest BCUT2D eigenvalue weighted by molar-refractivity contribution is 5.86. The van der Waals surface area contributed by atoms with Crippen molar-refractivity contribution in [1.29, 1.82) is 0 Å². The van der Waals surface area contributed by atoms with E-state index < -0.39 is 11.5 Å². The Labute approximate surface area is 101 Å². The zero-order chi connectivity index (χ0) is 13.1. The van der Waals surface area contributed by atoms with E-state index in [1.54, 1.807) is 6.92 Å². The van der Waals surface area contributed by atoms with Crippen molar-refractivity contribution in [3.05, 3.63) is 0 Å². The van der Waals surface area contributed by atoms with Gasteiger partial charge in [0.2, 0.25) is 0 Å². The Bertz CT molecular complexity index is 361. The molecule has 0 radical (unpaired) electrons. The SMILES string of the molecule is C#CCN(CC)C(=O)N1CCCC1(C)C(=O)O. The molecule has 94 valence electrons. The number of likely N-dealkylation sites (tertiary alicyclic amines) is 1. The Morgan fingerprint density at radius 3 is 2.71 bits per heavy atom. The van der Waals surface area contributed by atoms with E-state index in [0.717, 1.165) is 0 Å². The van der Waals surface area contributed by atoms with Crippen molar-refractivity contribution in [3.63, 3.8) is 0 Å². The number of terminal acetylenes is 1. The Hall–Kier alpha value is -1.70. The molecule has 1 aliphatic rings. The molecule has 1 saturated heterocycles. The van der Waals surface area contributed by atoms with Gasteiger partial charge in [0, 0.05) is 13.1 Å². The highest BCUT2D eigenvalue weighted by Gasteiger charge is 2.46. The fourth-order valence-corrected chi connectivity index (χ4v) is 2.09. The summed E-state index contributed by atoms with van der Waals surface area (Å²) in [5.74, 6) is 1.45. The van der Waals surface area contributed by atoms with Gasteiger partial charge >= 0.3 is 12.0 Å². The molecule has 5 heteroatoms. The van der Waals surface area contributed by atoms with Crippen molar-refractivity contribution in [1.82, 2.24) is 9.80 Å². The summed E-state index contributed by atoms with van der Waals surface area (Å²) >= 11 is 0. The molecular formula is C12H18N2O3. The molecule has 2 amide bonds. The van der Waals surface area contributed by atoms with Crippen LogP contribution >= 0.6 is 0 Å². The van der Waals surface area contributed by atoms with Crippen molar-refractivity contribution in [2.75, 3.05) is 19.6 Å². The summed E-state index contributed by atoms with van der Waals surface area (Å²) in [6.07, 6.45) is 6.39. The molecular weight excluding hydrogens is 220 g/mol. The molecule has 0 saturated carbocycles. The highest BCUT2D eigenvalue weighted by Crippen LogP contribution is 2.30. The largest absolute Gasteiger partial charge is 0.480 e. The van der Waals surface area contributed by atoms with Gasteiger partial charge in [-0.25, -0.2) is 9.59 Å². The monoisotopic (exact) mass is 238 g/mol. The maximum absolute atomic E-state index is 12.2. The molecule has 17 heavy (non-hydrogen) atoms. The van der Waals surface area contributed by atoms with Gasteiger partial charge in [0.05, 0.1) is 6.54 Å². The van der Waals surface area contributed by atoms with Crippen LogP contribution in [0, 0.1) is 12.3 Å². The Morgan fingerprint density at radius 2 is 2.24 bits per heavy atom. The molecule has 1 fully saturated rings. The van der Waals surface area contributed by atoms with E-state index in [2.05, 4.69) is 5.92 Å². The highest BCUT2D eigenvalue weighted by atomic mass is 16.4. The van der Waals surface area contributed by atoms with E-state index in [9.17, 15) is 14.7 Å². The van der Waals surface area contributed by atoms with E-state index in [1.165, 1.54) is 9.80 Å². The molecule has 1 aliphatic heterocycles. The molecule has 1 heterocycles. The maximum Gasteiger partial charge on any atom is 0.329 e. The summed E-state index contributed by atoms with van der Waals surface area (Å²) in [6.45, 7) is 4.58. The number of urea groups is 1. The van der Waals surface area contributed by atoms with Gasteiger partial charge in [0.15, 0.2) is 0 Å². The minimum Gasteiger partial charge on any atom is -0.480 e. The van der Waals surface area contributed by atoms with E-state index in [-0.39, 0.29) is 12.6 Å². The predicted octanol–water partition coefficient (Wildman–Crippen LogP) is 1.00. The lowest BCUT2D eigenvalue weighted by atomic mass is 10.00. The number of hydrogen-bond acceptors (Lipinski definition) is 2. The second kappa shape index (κ2) is 5.09. The molecule has 0 aromatic rings. The second-order valence-electron chi connectivity index (χ2n) is 4.34. The van der Waals surface area contributed by atoms with Crippen LogP contribution < -0.4 is 0 Å². The lowest BCUT2D eigenvalue weighted by Gasteiger charge is -2.34. The number of carboxylic acids is 1. The molecule has 0 aromatic heterocycles. The molecule has 1 rings (SSSR count). The van der Waals surface area contributed by atoms with Gasteiger partial charge in [-0.1, -0.05) is 5.92 Å². The fraction of sp³-hybridized carbons (Fsp3) is 0.667. The minimum atomic E-state index is -1.10. The molecule has 5 nitrogen and oxygen atoms in total. The van der Waals surface area contributed by atoms with Gasteiger partial charge < -0.3 is 14.9 Å². The van der Waals surface area contributed by atoms with Gasteiger partial charge in [-0.3, -0.25) is 0 Å². The third-order valence-corrected chi connectivity index (χ3v) is 3.27. The van der Waals surface area contributed by atoms with Gasteiger partial charge in [-0.05, 0) is 26.7 Å². The number of amides is 2. The van der Waals surface area contributed by atoms with E-state index in [1.807, 2.05) is 6.92 Å². The van der Waals surface area contributed by atoms with E-state index in [4.69, 9.17) is 6.42 Å². The lowest BCUT2D eigenvalue weighted by molar-refractivity contribution is -0.147. The Balaban J connectivity index is 2.88. The Kier molecular flexibility index (Phi) is 4.00. The van der Waals surface area contributed by atoms with E-state index in [0.29, 0.717) is 25.9 Å². The van der Waals surface area contributed by atoms with Crippen molar-refractivity contribution in [3.8, 4) is 12.3 Å². The first-order valence-electron chi connectivity index (χ1n) is 5.70. The van der Waals surface area contributed by atoms with E-state index >= 15 is 0 Å². The third kappa shape index (κ3) is 2.36. The lowest BCUT2D eigenvalue weighted by Crippen LogP contribution is -2.55. The van der Waals surface area contributed by atoms with Crippen molar-refractivity contribution in [2.24, 2.45) is 0 Å². The number of carbonyl (C=O) groups is 2. The molecule has 0 spiro atoms. The molecule has 1 atom stereocenters. The molecule has 0 bridgehead atoms. The number of aliphatic carboxylic acids is 1. The summed E-state index contributed by atoms with van der Waals surface area (Å²) in [6, 6.07) is -0.284. The van der Waals surface area contributed by atoms with Gasteiger partial charge in [0.1, 0.15) is 5.54 Å². The average molecular weight is 238 g/mol. The van der Waals surface area contributed by atoms with Crippen LogP contribution in [0.5, 0.6) is 0 Å². The molecule has 0 aliphatic carbocycles. The van der Waals surface area contributed by atoms with Crippen LogP contribution in [-0.4, -0.2) is 52.1 Å². The van der Waals surface area contributed by atoms with Gasteiger partial charge in [-0.2, -0.15) is 0 Å².